The van der Waals surface area contributed by atoms with Crippen LogP contribution in [0.1, 0.15) is 51.9 Å². The number of rotatable bonds is 6. The number of hydrogen-bond donors (Lipinski definition) is 2. The topological polar surface area (TPSA) is 35.5 Å². The van der Waals surface area contributed by atoms with Crippen LogP contribution in [0.15, 0.2) is 0 Å². The third-order valence-corrected chi connectivity index (χ3v) is 5.08. The Morgan fingerprint density at radius 2 is 1.84 bits per heavy atom. The molecule has 2 aliphatic rings. The highest BCUT2D eigenvalue weighted by Gasteiger charge is 2.20. The number of nitrogens with one attached hydrogen (secondary N) is 1. The van der Waals surface area contributed by atoms with E-state index in [0.717, 1.165) is 44.3 Å². The van der Waals surface area contributed by atoms with Gasteiger partial charge in [-0.25, -0.2) is 0 Å². The summed E-state index contributed by atoms with van der Waals surface area (Å²) in [5.74, 6) is 1.84. The molecule has 112 valence electrons. The first-order valence-electron chi connectivity index (χ1n) is 8.37. The number of nitrogens with zero attached hydrogens (tertiary/aromatic N) is 1. The molecule has 3 heteroatoms. The fraction of sp³-hybridized carbons (Fsp3) is 1.00. The minimum Gasteiger partial charge on any atom is -0.393 e. The van der Waals surface area contributed by atoms with Crippen molar-refractivity contribution in [3.63, 3.8) is 0 Å². The third kappa shape index (κ3) is 5.41. The number of likely N-dealkylation sites (tertiary alicyclic amines) is 1. The Kier molecular flexibility index (Phi) is 6.62. The number of piperidine rings is 1. The SMILES string of the molecule is C[C@H]1CCCC[C@@H]1CNCCCN1CCC(O)CC1. The molecule has 19 heavy (non-hydrogen) atoms. The summed E-state index contributed by atoms with van der Waals surface area (Å²) in [6.45, 7) is 8.16. The molecule has 0 aromatic carbocycles. The molecule has 0 aromatic heterocycles. The molecule has 2 rings (SSSR count). The smallest absolute Gasteiger partial charge is 0.0564 e. The highest BCUT2D eigenvalue weighted by atomic mass is 16.3. The summed E-state index contributed by atoms with van der Waals surface area (Å²) in [5.41, 5.74) is 0. The summed E-state index contributed by atoms with van der Waals surface area (Å²) < 4.78 is 0. The molecule has 1 saturated carbocycles. The van der Waals surface area contributed by atoms with E-state index in [-0.39, 0.29) is 6.10 Å². The minimum atomic E-state index is -0.0397. The summed E-state index contributed by atoms with van der Waals surface area (Å²) >= 11 is 0. The fourth-order valence-corrected chi connectivity index (χ4v) is 3.55. The molecular weight excluding hydrogens is 236 g/mol. The lowest BCUT2D eigenvalue weighted by atomic mass is 9.80. The van der Waals surface area contributed by atoms with Gasteiger partial charge in [-0.15, -0.1) is 0 Å². The molecule has 0 unspecified atom stereocenters. The van der Waals surface area contributed by atoms with Crippen molar-refractivity contribution < 1.29 is 5.11 Å². The Labute approximate surface area is 118 Å². The van der Waals surface area contributed by atoms with Crippen LogP contribution in [0.3, 0.4) is 0 Å². The monoisotopic (exact) mass is 268 g/mol. The molecule has 2 fully saturated rings. The first-order chi connectivity index (χ1) is 9.25. The normalized spacial score (nSPS) is 30.6. The Morgan fingerprint density at radius 1 is 1.11 bits per heavy atom. The highest BCUT2D eigenvalue weighted by molar-refractivity contribution is 4.74. The highest BCUT2D eigenvalue weighted by Crippen LogP contribution is 2.28. The van der Waals surface area contributed by atoms with Gasteiger partial charge < -0.3 is 15.3 Å². The van der Waals surface area contributed by atoms with E-state index in [1.807, 2.05) is 0 Å². The van der Waals surface area contributed by atoms with E-state index in [9.17, 15) is 5.11 Å². The van der Waals surface area contributed by atoms with Crippen molar-refractivity contribution in [2.75, 3.05) is 32.7 Å². The van der Waals surface area contributed by atoms with Crippen molar-refractivity contribution >= 4 is 0 Å². The van der Waals surface area contributed by atoms with Crippen molar-refractivity contribution in [2.45, 2.75) is 58.0 Å². The maximum absolute atomic E-state index is 9.47. The quantitative estimate of drug-likeness (QED) is 0.725. The second-order valence-electron chi connectivity index (χ2n) is 6.65. The summed E-state index contributed by atoms with van der Waals surface area (Å²) in [4.78, 5) is 2.50. The van der Waals surface area contributed by atoms with Gasteiger partial charge in [0.05, 0.1) is 6.10 Å². The molecule has 0 radical (unpaired) electrons. The summed E-state index contributed by atoms with van der Waals surface area (Å²) in [7, 11) is 0. The van der Waals surface area contributed by atoms with E-state index >= 15 is 0 Å². The van der Waals surface area contributed by atoms with Crippen molar-refractivity contribution in [1.82, 2.24) is 10.2 Å². The predicted molar refractivity (Wildman–Crippen MR) is 80.3 cm³/mol. The molecular formula is C16H32N2O. The van der Waals surface area contributed by atoms with E-state index in [1.165, 1.54) is 45.2 Å². The molecule has 1 saturated heterocycles. The van der Waals surface area contributed by atoms with Crippen LogP contribution in [0.4, 0.5) is 0 Å². The van der Waals surface area contributed by atoms with Gasteiger partial charge in [0.15, 0.2) is 0 Å². The largest absolute Gasteiger partial charge is 0.393 e. The van der Waals surface area contributed by atoms with Crippen LogP contribution >= 0.6 is 0 Å². The van der Waals surface area contributed by atoms with Crippen LogP contribution in [0, 0.1) is 11.8 Å². The van der Waals surface area contributed by atoms with Gasteiger partial charge in [-0.2, -0.15) is 0 Å². The van der Waals surface area contributed by atoms with E-state index < -0.39 is 0 Å². The van der Waals surface area contributed by atoms with Crippen molar-refractivity contribution in [2.24, 2.45) is 11.8 Å². The molecule has 1 heterocycles. The van der Waals surface area contributed by atoms with Gasteiger partial charge in [0.2, 0.25) is 0 Å². The van der Waals surface area contributed by atoms with Crippen LogP contribution in [0.25, 0.3) is 0 Å². The van der Waals surface area contributed by atoms with E-state index in [0.29, 0.717) is 0 Å². The number of aliphatic hydroxyl groups is 1. The lowest BCUT2D eigenvalue weighted by Crippen LogP contribution is -2.37. The molecule has 2 N–H and O–H groups in total. The van der Waals surface area contributed by atoms with Gasteiger partial charge in [-0.1, -0.05) is 26.2 Å². The van der Waals surface area contributed by atoms with E-state index in [2.05, 4.69) is 17.1 Å². The molecule has 0 bridgehead atoms. The Hall–Kier alpha value is -0.120. The Morgan fingerprint density at radius 3 is 2.58 bits per heavy atom. The third-order valence-electron chi connectivity index (χ3n) is 5.08. The first-order valence-corrected chi connectivity index (χ1v) is 8.37. The van der Waals surface area contributed by atoms with Gasteiger partial charge in [-0.3, -0.25) is 0 Å². The van der Waals surface area contributed by atoms with Gasteiger partial charge in [0.25, 0.3) is 0 Å². The Bertz CT molecular complexity index is 239. The van der Waals surface area contributed by atoms with Gasteiger partial charge in [-0.05, 0) is 57.2 Å². The Balaban J connectivity index is 1.48. The molecule has 3 nitrogen and oxygen atoms in total. The predicted octanol–water partition coefficient (Wildman–Crippen LogP) is 2.25. The lowest BCUT2D eigenvalue weighted by Gasteiger charge is -2.30. The summed E-state index contributed by atoms with van der Waals surface area (Å²) in [6, 6.07) is 0. The minimum absolute atomic E-state index is 0.0397. The molecule has 0 aromatic rings. The standard InChI is InChI=1S/C16H32N2O/c1-14-5-2-3-6-15(14)13-17-9-4-10-18-11-7-16(19)8-12-18/h14-17,19H,2-13H2,1H3/t14-,15+/m0/s1. The van der Waals surface area contributed by atoms with Gasteiger partial charge >= 0.3 is 0 Å². The van der Waals surface area contributed by atoms with E-state index in [4.69, 9.17) is 0 Å². The van der Waals surface area contributed by atoms with Crippen LogP contribution in [-0.2, 0) is 0 Å². The van der Waals surface area contributed by atoms with Gasteiger partial charge in [0, 0.05) is 13.1 Å². The molecule has 1 aliphatic heterocycles. The van der Waals surface area contributed by atoms with Gasteiger partial charge in [0.1, 0.15) is 0 Å². The van der Waals surface area contributed by atoms with Crippen molar-refractivity contribution in [1.29, 1.82) is 0 Å². The van der Waals surface area contributed by atoms with Crippen LogP contribution in [-0.4, -0.2) is 48.8 Å². The number of hydrogen-bond acceptors (Lipinski definition) is 3. The second-order valence-corrected chi connectivity index (χ2v) is 6.65. The zero-order valence-electron chi connectivity index (χ0n) is 12.6. The average Bonchev–Trinajstić information content (AvgIpc) is 2.42. The zero-order chi connectivity index (χ0) is 13.5. The summed E-state index contributed by atoms with van der Waals surface area (Å²) in [6.07, 6.45) is 8.88. The number of aliphatic hydroxyl groups excluding tert-OH is 1. The van der Waals surface area contributed by atoms with Crippen molar-refractivity contribution in [3.05, 3.63) is 0 Å². The van der Waals surface area contributed by atoms with Crippen LogP contribution in [0.2, 0.25) is 0 Å². The second kappa shape index (κ2) is 8.23. The average molecular weight is 268 g/mol. The van der Waals surface area contributed by atoms with E-state index in [1.54, 1.807) is 0 Å². The van der Waals surface area contributed by atoms with Crippen LogP contribution < -0.4 is 5.32 Å². The first kappa shape index (κ1) is 15.3. The van der Waals surface area contributed by atoms with Crippen molar-refractivity contribution in [3.8, 4) is 0 Å². The molecule has 0 amide bonds. The maximum atomic E-state index is 9.47. The zero-order valence-corrected chi connectivity index (χ0v) is 12.6. The lowest BCUT2D eigenvalue weighted by molar-refractivity contribution is 0.0820. The molecule has 2 atom stereocenters. The summed E-state index contributed by atoms with van der Waals surface area (Å²) in [5, 5.41) is 13.1. The maximum Gasteiger partial charge on any atom is 0.0564 e. The van der Waals surface area contributed by atoms with Crippen LogP contribution in [0.5, 0.6) is 0 Å². The molecule has 0 spiro atoms. The fourth-order valence-electron chi connectivity index (χ4n) is 3.55. The molecule has 1 aliphatic carbocycles.